The van der Waals surface area contributed by atoms with Gasteiger partial charge in [-0.15, -0.1) is 5.43 Å². The van der Waals surface area contributed by atoms with Crippen LogP contribution in [0.4, 0.5) is 10.8 Å². The van der Waals surface area contributed by atoms with Gasteiger partial charge in [0, 0.05) is 17.0 Å². The number of nitrogens with one attached hydrogen (secondary N) is 2. The Balaban J connectivity index is 1.89. The molecule has 0 saturated heterocycles. The number of nitrogens with zero attached hydrogens (tertiary/aromatic N) is 2. The van der Waals surface area contributed by atoms with Gasteiger partial charge in [-0.3, -0.25) is 10.1 Å². The monoisotopic (exact) mass is 437 g/mol. The van der Waals surface area contributed by atoms with Crippen LogP contribution in [-0.2, 0) is 4.79 Å². The van der Waals surface area contributed by atoms with Gasteiger partial charge in [0.2, 0.25) is 5.71 Å². The first-order valence-electron chi connectivity index (χ1n) is 7.64. The lowest BCUT2D eigenvalue weighted by Gasteiger charge is -2.01. The molecule has 0 bridgehead atoms. The van der Waals surface area contributed by atoms with Crippen molar-refractivity contribution < 1.29 is 19.8 Å². The van der Waals surface area contributed by atoms with E-state index in [1.54, 1.807) is 23.6 Å². The number of halogens is 2. The molecule has 142 valence electrons. The van der Waals surface area contributed by atoms with Gasteiger partial charge in [0.15, 0.2) is 0 Å². The first-order chi connectivity index (χ1) is 13.4. The van der Waals surface area contributed by atoms with Gasteiger partial charge in [-0.25, -0.2) is 9.78 Å². The molecule has 3 aromatic rings. The first kappa shape index (κ1) is 19.7. The summed E-state index contributed by atoms with van der Waals surface area (Å²) in [5, 5.41) is 27.4. The minimum absolute atomic E-state index is 0.103. The van der Waals surface area contributed by atoms with Crippen molar-refractivity contribution in [1.29, 1.82) is 0 Å². The zero-order valence-electron chi connectivity index (χ0n) is 13.8. The molecule has 3 rings (SSSR count). The molecule has 0 saturated carbocycles. The van der Waals surface area contributed by atoms with Crippen molar-refractivity contribution in [3.63, 3.8) is 0 Å². The van der Waals surface area contributed by atoms with E-state index in [9.17, 15) is 20.0 Å². The van der Waals surface area contributed by atoms with Gasteiger partial charge in [0.05, 0.1) is 20.5 Å². The van der Waals surface area contributed by atoms with Crippen LogP contribution in [0.5, 0.6) is 0 Å². The Morgan fingerprint density at radius 3 is 2.64 bits per heavy atom. The fraction of sp³-hybridized carbons (Fsp3) is 0. The molecule has 1 heterocycles. The molecule has 8 nitrogen and oxygen atoms in total. The standard InChI is InChI=1S/C17H10Cl2N4O4S/c18-11-6-5-9(7-12(11)19)13-8-28-17(20-13)22-21-15(16(24)25)10-3-1-2-4-14(10)23(26)27/h1-8H,(H,20,22)(H,24,25)/p+1/b21-15-. The highest BCUT2D eigenvalue weighted by Gasteiger charge is 2.24. The molecule has 2 aromatic carbocycles. The number of carboxylic acid groups (broad SMARTS) is 1. The van der Waals surface area contributed by atoms with Gasteiger partial charge >= 0.3 is 11.1 Å². The number of aromatic nitrogens is 1. The van der Waals surface area contributed by atoms with Crippen molar-refractivity contribution in [2.24, 2.45) is 5.10 Å². The third-order valence-corrected chi connectivity index (χ3v) is 5.12. The van der Waals surface area contributed by atoms with Gasteiger partial charge in [-0.1, -0.05) is 51.8 Å². The lowest BCUT2D eigenvalue weighted by Crippen LogP contribution is -2.19. The highest BCUT2D eigenvalue weighted by Crippen LogP contribution is 2.28. The van der Waals surface area contributed by atoms with Crippen LogP contribution < -0.4 is 10.4 Å². The van der Waals surface area contributed by atoms with Crippen molar-refractivity contribution in [2.75, 3.05) is 5.43 Å². The van der Waals surface area contributed by atoms with Crippen molar-refractivity contribution in [2.45, 2.75) is 0 Å². The second-order valence-electron chi connectivity index (χ2n) is 5.38. The Kier molecular flexibility index (Phi) is 5.88. The quantitative estimate of drug-likeness (QED) is 0.337. The molecule has 0 spiro atoms. The summed E-state index contributed by atoms with van der Waals surface area (Å²) in [4.78, 5) is 25.1. The average Bonchev–Trinajstić information content (AvgIpc) is 3.13. The summed E-state index contributed by atoms with van der Waals surface area (Å²) in [7, 11) is 0. The SMILES string of the molecule is O=C(O)/C(=N\Nc1[nH+]c(-c2ccc(Cl)c(Cl)c2)cs1)c1ccccc1[N+](=O)[O-]. The number of H-pyrrole nitrogens is 1. The van der Waals surface area contributed by atoms with Crippen LogP contribution in [0.3, 0.4) is 0 Å². The summed E-state index contributed by atoms with van der Waals surface area (Å²) in [6, 6.07) is 10.6. The molecule has 0 unspecified atom stereocenters. The largest absolute Gasteiger partial charge is 0.476 e. The molecule has 1 aromatic heterocycles. The highest BCUT2D eigenvalue weighted by atomic mass is 35.5. The fourth-order valence-electron chi connectivity index (χ4n) is 2.32. The molecule has 0 fully saturated rings. The number of rotatable bonds is 6. The molecule has 11 heteroatoms. The van der Waals surface area contributed by atoms with Gasteiger partial charge in [0.25, 0.3) is 5.69 Å². The zero-order chi connectivity index (χ0) is 20.3. The zero-order valence-corrected chi connectivity index (χ0v) is 16.2. The van der Waals surface area contributed by atoms with Crippen LogP contribution >= 0.6 is 34.5 Å². The number of benzene rings is 2. The number of aliphatic carboxylic acids is 1. The topological polar surface area (TPSA) is 119 Å². The Labute approximate surface area is 172 Å². The number of hydrogen-bond acceptors (Lipinski definition) is 6. The lowest BCUT2D eigenvalue weighted by molar-refractivity contribution is -0.385. The van der Waals surface area contributed by atoms with Crippen LogP contribution in [0, 0.1) is 10.1 Å². The normalized spacial score (nSPS) is 11.3. The highest BCUT2D eigenvalue weighted by molar-refractivity contribution is 7.13. The predicted octanol–water partition coefficient (Wildman–Crippen LogP) is 4.35. The van der Waals surface area contributed by atoms with E-state index in [-0.39, 0.29) is 11.3 Å². The van der Waals surface area contributed by atoms with E-state index >= 15 is 0 Å². The van der Waals surface area contributed by atoms with E-state index in [4.69, 9.17) is 23.2 Å². The maximum atomic E-state index is 11.6. The van der Waals surface area contributed by atoms with Crippen LogP contribution in [0.25, 0.3) is 11.3 Å². The summed E-state index contributed by atoms with van der Waals surface area (Å²) < 4.78 is 0. The van der Waals surface area contributed by atoms with Crippen molar-refractivity contribution in [3.8, 4) is 11.3 Å². The van der Waals surface area contributed by atoms with Gasteiger partial charge in [0.1, 0.15) is 5.69 Å². The number of para-hydroxylation sites is 1. The Bertz CT molecular complexity index is 1100. The van der Waals surface area contributed by atoms with E-state index in [0.29, 0.717) is 20.9 Å². The Morgan fingerprint density at radius 1 is 1.21 bits per heavy atom. The summed E-state index contributed by atoms with van der Waals surface area (Å²) in [6.07, 6.45) is 0. The smallest absolute Gasteiger partial charge is 0.359 e. The number of aromatic amines is 1. The third kappa shape index (κ3) is 4.28. The van der Waals surface area contributed by atoms with Crippen LogP contribution in [-0.4, -0.2) is 21.7 Å². The first-order valence-corrected chi connectivity index (χ1v) is 9.27. The van der Waals surface area contributed by atoms with E-state index in [1.165, 1.54) is 35.6 Å². The Hall–Kier alpha value is -3.01. The summed E-state index contributed by atoms with van der Waals surface area (Å²) in [5.41, 5.74) is 3.15. The maximum absolute atomic E-state index is 11.6. The number of carboxylic acids is 1. The molecular weight excluding hydrogens is 427 g/mol. The number of hydrazone groups is 1. The number of nitro benzene ring substituents is 1. The second-order valence-corrected chi connectivity index (χ2v) is 7.08. The van der Waals surface area contributed by atoms with Crippen molar-refractivity contribution in [1.82, 2.24) is 0 Å². The summed E-state index contributed by atoms with van der Waals surface area (Å²) in [6.45, 7) is 0. The fourth-order valence-corrected chi connectivity index (χ4v) is 3.32. The van der Waals surface area contributed by atoms with Gasteiger partial charge in [-0.05, 0) is 24.3 Å². The predicted molar refractivity (Wildman–Crippen MR) is 107 cm³/mol. The van der Waals surface area contributed by atoms with Crippen molar-refractivity contribution >= 4 is 57.0 Å². The van der Waals surface area contributed by atoms with Crippen LogP contribution in [0.2, 0.25) is 10.0 Å². The average molecular weight is 438 g/mol. The van der Waals surface area contributed by atoms with E-state index < -0.39 is 16.6 Å². The summed E-state index contributed by atoms with van der Waals surface area (Å²) in [5.74, 6) is -1.40. The molecule has 0 radical (unpaired) electrons. The number of anilines is 1. The molecule has 3 N–H and O–H groups in total. The maximum Gasteiger partial charge on any atom is 0.359 e. The van der Waals surface area contributed by atoms with Gasteiger partial charge in [-0.2, -0.15) is 0 Å². The van der Waals surface area contributed by atoms with E-state index in [1.807, 2.05) is 0 Å². The minimum Gasteiger partial charge on any atom is -0.476 e. The number of thiazole rings is 1. The summed E-state index contributed by atoms with van der Waals surface area (Å²) >= 11 is 13.2. The molecular formula is C17H11Cl2N4O4S+. The lowest BCUT2D eigenvalue weighted by atomic mass is 10.1. The number of nitro groups is 1. The molecule has 0 aliphatic carbocycles. The molecule has 0 aliphatic rings. The molecule has 0 aliphatic heterocycles. The molecule has 0 atom stereocenters. The van der Waals surface area contributed by atoms with E-state index in [2.05, 4.69) is 15.5 Å². The molecule has 28 heavy (non-hydrogen) atoms. The number of hydrogen-bond donors (Lipinski definition) is 2. The second kappa shape index (κ2) is 8.34. The third-order valence-electron chi connectivity index (χ3n) is 3.60. The number of carbonyl (C=O) groups is 1. The van der Waals surface area contributed by atoms with Crippen LogP contribution in [0.1, 0.15) is 5.56 Å². The minimum atomic E-state index is -1.40. The molecule has 0 amide bonds. The Morgan fingerprint density at radius 2 is 1.96 bits per heavy atom. The van der Waals surface area contributed by atoms with Crippen molar-refractivity contribution in [3.05, 3.63) is 73.6 Å². The van der Waals surface area contributed by atoms with Crippen LogP contribution in [0.15, 0.2) is 52.9 Å². The van der Waals surface area contributed by atoms with Gasteiger partial charge < -0.3 is 5.11 Å². The van der Waals surface area contributed by atoms with E-state index in [0.717, 1.165) is 5.56 Å².